The molecule has 0 unspecified atom stereocenters. The molecule has 1 fully saturated rings. The normalized spacial score (nSPS) is 14.8. The molecule has 3 N–H and O–H groups in total. The minimum Gasteiger partial charge on any atom is -0.507 e. The second-order valence-corrected chi connectivity index (χ2v) is 9.11. The number of aromatic hydroxyl groups is 2. The van der Waals surface area contributed by atoms with Gasteiger partial charge in [-0.15, -0.1) is 0 Å². The van der Waals surface area contributed by atoms with Crippen LogP contribution in [-0.4, -0.2) is 36.5 Å². The summed E-state index contributed by atoms with van der Waals surface area (Å²) in [7, 11) is 0. The molecule has 2 heterocycles. The van der Waals surface area contributed by atoms with E-state index in [-0.39, 0.29) is 21.3 Å². The molecule has 0 aliphatic carbocycles. The van der Waals surface area contributed by atoms with Gasteiger partial charge in [-0.3, -0.25) is 9.69 Å². The number of thioether (sulfide) groups is 1. The van der Waals surface area contributed by atoms with Crippen LogP contribution >= 0.6 is 24.0 Å². The highest BCUT2D eigenvalue weighted by molar-refractivity contribution is 8.27. The first-order valence-corrected chi connectivity index (χ1v) is 11.0. The zero-order valence-electron chi connectivity index (χ0n) is 17.6. The zero-order valence-corrected chi connectivity index (χ0v) is 19.2. The molecule has 2 aromatic carbocycles. The standard InChI is InChI=1S/C24H18N2O5S2/c1-12-8-14(9-13(2)21(12)28)18-5-3-4-15(25-18)10-20-22(29)26(24(32)33-20)16-6-7-17(23(30)31)19(27)11-16/h3-11,27-28H,1-2H3,(H,30,31). The number of anilines is 1. The van der Waals surface area contributed by atoms with E-state index < -0.39 is 17.6 Å². The Hall–Kier alpha value is -3.69. The van der Waals surface area contributed by atoms with E-state index in [0.717, 1.165) is 28.5 Å². The van der Waals surface area contributed by atoms with Gasteiger partial charge >= 0.3 is 5.97 Å². The van der Waals surface area contributed by atoms with Gasteiger partial charge in [0.25, 0.3) is 5.91 Å². The maximum atomic E-state index is 13.0. The summed E-state index contributed by atoms with van der Waals surface area (Å²) in [5, 5.41) is 29.1. The fourth-order valence-electron chi connectivity index (χ4n) is 3.46. The van der Waals surface area contributed by atoms with Crippen molar-refractivity contribution in [3.63, 3.8) is 0 Å². The number of benzene rings is 2. The Labute approximate surface area is 199 Å². The van der Waals surface area contributed by atoms with Gasteiger partial charge in [-0.05, 0) is 67.4 Å². The largest absolute Gasteiger partial charge is 0.507 e. The third-order valence-electron chi connectivity index (χ3n) is 5.10. The van der Waals surface area contributed by atoms with E-state index in [2.05, 4.69) is 4.98 Å². The van der Waals surface area contributed by atoms with Gasteiger partial charge in [0.1, 0.15) is 17.1 Å². The number of carboxylic acids is 1. The number of carboxylic acid groups (broad SMARTS) is 1. The Bertz CT molecular complexity index is 1340. The fraction of sp³-hybridized carbons (Fsp3) is 0.0833. The minimum atomic E-state index is -1.27. The van der Waals surface area contributed by atoms with E-state index >= 15 is 0 Å². The number of phenolic OH excluding ortho intramolecular Hbond substituents is 1. The lowest BCUT2D eigenvalue weighted by Gasteiger charge is -2.15. The van der Waals surface area contributed by atoms with Crippen LogP contribution in [0.25, 0.3) is 17.3 Å². The van der Waals surface area contributed by atoms with Crippen LogP contribution in [0.2, 0.25) is 0 Å². The number of hydrogen-bond acceptors (Lipinski definition) is 7. The van der Waals surface area contributed by atoms with Gasteiger partial charge in [0.05, 0.1) is 22.0 Å². The molecule has 1 aliphatic heterocycles. The fourth-order valence-corrected chi connectivity index (χ4v) is 4.74. The highest BCUT2D eigenvalue weighted by Gasteiger charge is 2.34. The van der Waals surface area contributed by atoms with Crippen LogP contribution in [-0.2, 0) is 4.79 Å². The first-order valence-electron chi connectivity index (χ1n) is 9.77. The molecule has 0 saturated carbocycles. The van der Waals surface area contributed by atoms with Crippen LogP contribution in [0.5, 0.6) is 11.5 Å². The SMILES string of the molecule is Cc1cc(-c2cccc(C=C3SC(=S)N(c4ccc(C(=O)O)c(O)c4)C3=O)n2)cc(C)c1O. The molecule has 1 aromatic heterocycles. The number of thiocarbonyl (C=S) groups is 1. The molecule has 9 heteroatoms. The molecule has 0 spiro atoms. The second-order valence-electron chi connectivity index (χ2n) is 7.43. The second kappa shape index (κ2) is 8.68. The van der Waals surface area contributed by atoms with Crippen molar-refractivity contribution in [3.8, 4) is 22.8 Å². The minimum absolute atomic E-state index is 0.251. The van der Waals surface area contributed by atoms with Crippen molar-refractivity contribution < 1.29 is 24.9 Å². The predicted molar refractivity (Wildman–Crippen MR) is 132 cm³/mol. The number of aromatic carboxylic acids is 1. The van der Waals surface area contributed by atoms with Gasteiger partial charge in [0, 0.05) is 11.6 Å². The van der Waals surface area contributed by atoms with Crippen molar-refractivity contribution in [2.45, 2.75) is 13.8 Å². The maximum absolute atomic E-state index is 13.0. The number of phenols is 2. The number of carbonyl (C=O) groups is 2. The van der Waals surface area contributed by atoms with E-state index in [1.807, 2.05) is 38.1 Å². The average molecular weight is 479 g/mol. The Balaban J connectivity index is 1.65. The number of amides is 1. The quantitative estimate of drug-likeness (QED) is 0.359. The molecule has 4 rings (SSSR count). The number of nitrogens with zero attached hydrogens (tertiary/aromatic N) is 2. The molecule has 0 bridgehead atoms. The van der Waals surface area contributed by atoms with Crippen LogP contribution in [0, 0.1) is 13.8 Å². The Morgan fingerprint density at radius 3 is 2.42 bits per heavy atom. The monoisotopic (exact) mass is 478 g/mol. The Kier molecular flexibility index (Phi) is 5.92. The van der Waals surface area contributed by atoms with Gasteiger partial charge < -0.3 is 15.3 Å². The lowest BCUT2D eigenvalue weighted by Crippen LogP contribution is -2.27. The van der Waals surface area contributed by atoms with Crippen molar-refractivity contribution in [1.29, 1.82) is 0 Å². The number of aromatic nitrogens is 1. The van der Waals surface area contributed by atoms with Crippen LogP contribution in [0.1, 0.15) is 27.2 Å². The van der Waals surface area contributed by atoms with Gasteiger partial charge in [0.15, 0.2) is 4.32 Å². The van der Waals surface area contributed by atoms with E-state index in [1.165, 1.54) is 23.1 Å². The number of rotatable bonds is 4. The maximum Gasteiger partial charge on any atom is 0.339 e. The number of pyridine rings is 1. The molecule has 33 heavy (non-hydrogen) atoms. The molecule has 1 saturated heterocycles. The lowest BCUT2D eigenvalue weighted by atomic mass is 10.0. The van der Waals surface area contributed by atoms with Gasteiger partial charge in [-0.25, -0.2) is 9.78 Å². The first kappa shape index (κ1) is 22.5. The van der Waals surface area contributed by atoms with Crippen molar-refractivity contribution in [2.24, 2.45) is 0 Å². The summed E-state index contributed by atoms with van der Waals surface area (Å²) in [4.78, 5) is 30.4. The van der Waals surface area contributed by atoms with Crippen molar-refractivity contribution in [3.05, 3.63) is 75.8 Å². The summed E-state index contributed by atoms with van der Waals surface area (Å²) in [5.74, 6) is -1.86. The summed E-state index contributed by atoms with van der Waals surface area (Å²) in [6, 6.07) is 13.0. The molecule has 7 nitrogen and oxygen atoms in total. The molecular formula is C24H18N2O5S2. The third kappa shape index (κ3) is 4.33. The Morgan fingerprint density at radius 2 is 1.79 bits per heavy atom. The highest BCUT2D eigenvalue weighted by Crippen LogP contribution is 2.37. The van der Waals surface area contributed by atoms with E-state index in [0.29, 0.717) is 16.3 Å². The summed E-state index contributed by atoms with van der Waals surface area (Å²) < 4.78 is 0.259. The molecule has 1 aliphatic rings. The zero-order chi connectivity index (χ0) is 23.9. The van der Waals surface area contributed by atoms with Gasteiger partial charge in [0.2, 0.25) is 0 Å². The first-order chi connectivity index (χ1) is 15.7. The van der Waals surface area contributed by atoms with Crippen LogP contribution in [0.4, 0.5) is 5.69 Å². The number of carbonyl (C=O) groups excluding carboxylic acids is 1. The van der Waals surface area contributed by atoms with Gasteiger partial charge in [-0.1, -0.05) is 30.0 Å². The highest BCUT2D eigenvalue weighted by atomic mass is 32.2. The van der Waals surface area contributed by atoms with E-state index in [1.54, 1.807) is 12.1 Å². The molecular weight excluding hydrogens is 460 g/mol. The molecule has 166 valence electrons. The summed E-state index contributed by atoms with van der Waals surface area (Å²) in [6.45, 7) is 3.64. The molecule has 0 atom stereocenters. The summed E-state index contributed by atoms with van der Waals surface area (Å²) >= 11 is 6.44. The van der Waals surface area contributed by atoms with Crippen LogP contribution in [0.15, 0.2) is 53.4 Å². The Morgan fingerprint density at radius 1 is 1.09 bits per heavy atom. The van der Waals surface area contributed by atoms with Crippen molar-refractivity contribution >= 4 is 51.9 Å². The molecule has 0 radical (unpaired) electrons. The lowest BCUT2D eigenvalue weighted by molar-refractivity contribution is -0.113. The predicted octanol–water partition coefficient (Wildman–Crippen LogP) is 4.88. The third-order valence-corrected chi connectivity index (χ3v) is 6.40. The van der Waals surface area contributed by atoms with Gasteiger partial charge in [-0.2, -0.15) is 0 Å². The van der Waals surface area contributed by atoms with E-state index in [4.69, 9.17) is 17.3 Å². The average Bonchev–Trinajstić information content (AvgIpc) is 3.04. The molecule has 1 amide bonds. The van der Waals surface area contributed by atoms with Crippen LogP contribution < -0.4 is 4.90 Å². The summed E-state index contributed by atoms with van der Waals surface area (Å²) in [5.41, 5.74) is 3.60. The molecule has 3 aromatic rings. The van der Waals surface area contributed by atoms with Crippen molar-refractivity contribution in [2.75, 3.05) is 4.90 Å². The van der Waals surface area contributed by atoms with E-state index in [9.17, 15) is 19.8 Å². The number of aryl methyl sites for hydroxylation is 2. The van der Waals surface area contributed by atoms with Crippen molar-refractivity contribution in [1.82, 2.24) is 4.98 Å². The summed E-state index contributed by atoms with van der Waals surface area (Å²) in [6.07, 6.45) is 1.63. The van der Waals surface area contributed by atoms with Crippen LogP contribution in [0.3, 0.4) is 0 Å². The smallest absolute Gasteiger partial charge is 0.339 e. The topological polar surface area (TPSA) is 111 Å². The number of hydrogen-bond donors (Lipinski definition) is 3.